The highest BCUT2D eigenvalue weighted by atomic mass is 19.1. The standard InChI is InChI=1S/C19H15FN2O.C5H11NO2/c20-17-5-1-14(2-6-17)13-19(23)22-18-7-3-15(4-8-18)16-9-11-21-12-10-16;1-5(2,3)8-4(6)7/h1-12H,13H2,(H,22,23);1-3H3,(H2,6,7). The molecule has 0 saturated heterocycles. The lowest BCUT2D eigenvalue weighted by Gasteiger charge is -2.16. The first-order chi connectivity index (χ1) is 14.6. The predicted octanol–water partition coefficient (Wildman–Crippen LogP) is 4.95. The van der Waals surface area contributed by atoms with E-state index in [1.807, 2.05) is 36.4 Å². The average Bonchev–Trinajstić information content (AvgIpc) is 2.69. The Balaban J connectivity index is 0.000000366. The van der Waals surface area contributed by atoms with E-state index in [1.165, 1.54) is 12.1 Å². The number of nitrogens with one attached hydrogen (secondary N) is 1. The molecule has 0 radical (unpaired) electrons. The third kappa shape index (κ3) is 9.08. The quantitative estimate of drug-likeness (QED) is 0.621. The van der Waals surface area contributed by atoms with Crippen LogP contribution in [-0.2, 0) is 16.0 Å². The molecule has 1 aromatic heterocycles. The second-order valence-electron chi connectivity index (χ2n) is 7.70. The number of hydrogen-bond acceptors (Lipinski definition) is 4. The van der Waals surface area contributed by atoms with Crippen LogP contribution in [0.15, 0.2) is 73.1 Å². The van der Waals surface area contributed by atoms with Crippen molar-refractivity contribution in [2.75, 3.05) is 5.32 Å². The fourth-order valence-corrected chi connectivity index (χ4v) is 2.58. The van der Waals surface area contributed by atoms with Crippen LogP contribution in [0.1, 0.15) is 26.3 Å². The lowest BCUT2D eigenvalue weighted by atomic mass is 10.1. The molecule has 0 spiro atoms. The summed E-state index contributed by atoms with van der Waals surface area (Å²) in [5, 5.41) is 2.84. The number of primary amides is 1. The highest BCUT2D eigenvalue weighted by molar-refractivity contribution is 5.92. The molecule has 0 aliphatic carbocycles. The maximum absolute atomic E-state index is 12.8. The molecule has 1 heterocycles. The number of anilines is 1. The van der Waals surface area contributed by atoms with Crippen molar-refractivity contribution in [3.8, 4) is 11.1 Å². The van der Waals surface area contributed by atoms with Crippen molar-refractivity contribution in [3.05, 3.63) is 84.4 Å². The number of carbonyl (C=O) groups is 2. The molecule has 0 saturated carbocycles. The van der Waals surface area contributed by atoms with Gasteiger partial charge in [0.05, 0.1) is 6.42 Å². The zero-order chi connectivity index (χ0) is 22.9. The van der Waals surface area contributed by atoms with E-state index in [4.69, 9.17) is 5.73 Å². The second-order valence-corrected chi connectivity index (χ2v) is 7.70. The fraction of sp³-hybridized carbons (Fsp3) is 0.208. The second kappa shape index (κ2) is 10.9. The van der Waals surface area contributed by atoms with Gasteiger partial charge in [0.2, 0.25) is 5.91 Å². The van der Waals surface area contributed by atoms with Gasteiger partial charge in [-0.2, -0.15) is 0 Å². The van der Waals surface area contributed by atoms with Gasteiger partial charge >= 0.3 is 6.09 Å². The van der Waals surface area contributed by atoms with E-state index in [2.05, 4.69) is 15.0 Å². The molecule has 0 bridgehead atoms. The van der Waals surface area contributed by atoms with Crippen molar-refractivity contribution in [2.24, 2.45) is 5.73 Å². The third-order valence-corrected chi connectivity index (χ3v) is 3.87. The number of hydrogen-bond donors (Lipinski definition) is 2. The lowest BCUT2D eigenvalue weighted by Crippen LogP contribution is -2.27. The van der Waals surface area contributed by atoms with E-state index >= 15 is 0 Å². The molecular weight excluding hydrogens is 397 g/mol. The van der Waals surface area contributed by atoms with Gasteiger partial charge < -0.3 is 15.8 Å². The molecule has 0 unspecified atom stereocenters. The number of halogens is 1. The minimum absolute atomic E-state index is 0.131. The van der Waals surface area contributed by atoms with E-state index in [9.17, 15) is 14.0 Å². The number of aromatic nitrogens is 1. The molecule has 3 rings (SSSR count). The van der Waals surface area contributed by atoms with E-state index < -0.39 is 11.7 Å². The molecule has 162 valence electrons. The van der Waals surface area contributed by atoms with Crippen molar-refractivity contribution in [1.29, 1.82) is 0 Å². The molecule has 3 aromatic rings. The van der Waals surface area contributed by atoms with Crippen molar-refractivity contribution in [2.45, 2.75) is 32.8 Å². The van der Waals surface area contributed by atoms with Gasteiger partial charge in [-0.05, 0) is 73.9 Å². The monoisotopic (exact) mass is 423 g/mol. The molecule has 0 fully saturated rings. The van der Waals surface area contributed by atoms with Crippen molar-refractivity contribution < 1.29 is 18.7 Å². The summed E-state index contributed by atoms with van der Waals surface area (Å²) in [4.78, 5) is 26.0. The van der Waals surface area contributed by atoms with Gasteiger partial charge in [0, 0.05) is 18.1 Å². The Morgan fingerprint density at radius 2 is 1.48 bits per heavy atom. The number of rotatable bonds is 4. The average molecular weight is 423 g/mol. The molecule has 6 nitrogen and oxygen atoms in total. The van der Waals surface area contributed by atoms with Crippen LogP contribution in [0, 0.1) is 5.82 Å². The van der Waals surface area contributed by atoms with Gasteiger partial charge in [-0.1, -0.05) is 24.3 Å². The maximum Gasteiger partial charge on any atom is 0.405 e. The van der Waals surface area contributed by atoms with Crippen molar-refractivity contribution >= 4 is 17.7 Å². The SMILES string of the molecule is CC(C)(C)OC(N)=O.O=C(Cc1ccc(F)cc1)Nc1ccc(-c2ccncc2)cc1. The van der Waals surface area contributed by atoms with E-state index in [-0.39, 0.29) is 18.1 Å². The fourth-order valence-electron chi connectivity index (χ4n) is 2.58. The molecule has 0 atom stereocenters. The van der Waals surface area contributed by atoms with Crippen LogP contribution in [0.25, 0.3) is 11.1 Å². The Bertz CT molecular complexity index is 983. The molecule has 31 heavy (non-hydrogen) atoms. The molecule has 3 N–H and O–H groups in total. The van der Waals surface area contributed by atoms with Crippen LogP contribution in [0.2, 0.25) is 0 Å². The third-order valence-electron chi connectivity index (χ3n) is 3.87. The molecule has 0 aliphatic rings. The first-order valence-electron chi connectivity index (χ1n) is 9.65. The first kappa shape index (κ1) is 23.5. The van der Waals surface area contributed by atoms with Gasteiger partial charge in [0.1, 0.15) is 11.4 Å². The summed E-state index contributed by atoms with van der Waals surface area (Å²) in [5.74, 6) is -0.436. The number of pyridine rings is 1. The van der Waals surface area contributed by atoms with Crippen LogP contribution < -0.4 is 11.1 Å². The Hall–Kier alpha value is -3.74. The van der Waals surface area contributed by atoms with Gasteiger partial charge in [-0.15, -0.1) is 0 Å². The summed E-state index contributed by atoms with van der Waals surface area (Å²) in [6, 6.07) is 17.4. The number of nitrogens with zero attached hydrogens (tertiary/aromatic N) is 1. The number of nitrogens with two attached hydrogens (primary N) is 1. The van der Waals surface area contributed by atoms with Gasteiger partial charge in [0.15, 0.2) is 0 Å². The van der Waals surface area contributed by atoms with Gasteiger partial charge in [-0.25, -0.2) is 9.18 Å². The van der Waals surface area contributed by atoms with Crippen molar-refractivity contribution in [1.82, 2.24) is 4.98 Å². The number of ether oxygens (including phenoxy) is 1. The van der Waals surface area contributed by atoms with Gasteiger partial charge in [0.25, 0.3) is 0 Å². The summed E-state index contributed by atoms with van der Waals surface area (Å²) >= 11 is 0. The van der Waals surface area contributed by atoms with Gasteiger partial charge in [-0.3, -0.25) is 9.78 Å². The summed E-state index contributed by atoms with van der Waals surface area (Å²) in [6.07, 6.45) is 2.98. The normalized spacial score (nSPS) is 10.5. The molecule has 7 heteroatoms. The molecule has 0 aliphatic heterocycles. The van der Waals surface area contributed by atoms with Crippen molar-refractivity contribution in [3.63, 3.8) is 0 Å². The van der Waals surface area contributed by atoms with Crippen LogP contribution >= 0.6 is 0 Å². The minimum Gasteiger partial charge on any atom is -0.444 e. The van der Waals surface area contributed by atoms with Crippen LogP contribution in [0.4, 0.5) is 14.9 Å². The summed E-state index contributed by atoms with van der Waals surface area (Å²) in [5.41, 5.74) is 7.90. The molecular formula is C24H26FN3O3. The molecule has 2 aromatic carbocycles. The minimum atomic E-state index is -0.725. The topological polar surface area (TPSA) is 94.3 Å². The smallest absolute Gasteiger partial charge is 0.405 e. The zero-order valence-corrected chi connectivity index (χ0v) is 17.8. The lowest BCUT2D eigenvalue weighted by molar-refractivity contribution is -0.115. The van der Waals surface area contributed by atoms with Crippen LogP contribution in [0.3, 0.4) is 0 Å². The zero-order valence-electron chi connectivity index (χ0n) is 17.8. The van der Waals surface area contributed by atoms with E-state index in [0.717, 1.165) is 22.4 Å². The number of benzene rings is 2. The van der Waals surface area contributed by atoms with E-state index in [0.29, 0.717) is 0 Å². The predicted molar refractivity (Wildman–Crippen MR) is 119 cm³/mol. The summed E-state index contributed by atoms with van der Waals surface area (Å²) in [7, 11) is 0. The largest absolute Gasteiger partial charge is 0.444 e. The Kier molecular flexibility index (Phi) is 8.25. The Morgan fingerprint density at radius 1 is 0.935 bits per heavy atom. The van der Waals surface area contributed by atoms with Crippen LogP contribution in [0.5, 0.6) is 0 Å². The highest BCUT2D eigenvalue weighted by Crippen LogP contribution is 2.20. The maximum atomic E-state index is 12.8. The number of carbonyl (C=O) groups excluding carboxylic acids is 2. The number of amides is 2. The Labute approximate surface area is 181 Å². The Morgan fingerprint density at radius 3 is 1.97 bits per heavy atom. The molecule has 2 amide bonds. The van der Waals surface area contributed by atoms with E-state index in [1.54, 1.807) is 45.3 Å². The summed E-state index contributed by atoms with van der Waals surface area (Å²) < 4.78 is 17.4. The first-order valence-corrected chi connectivity index (χ1v) is 9.65. The highest BCUT2D eigenvalue weighted by Gasteiger charge is 2.12. The van der Waals surface area contributed by atoms with Crippen LogP contribution in [-0.4, -0.2) is 22.6 Å². The summed E-state index contributed by atoms with van der Waals surface area (Å²) in [6.45, 7) is 5.28.